The molecule has 0 spiro atoms. The second kappa shape index (κ2) is 7.38. The Morgan fingerprint density at radius 3 is 2.65 bits per heavy atom. The van der Waals surface area contributed by atoms with Crippen LogP contribution in [0.2, 0.25) is 5.02 Å². The average molecular weight is 342 g/mol. The molecule has 1 heterocycles. The van der Waals surface area contributed by atoms with E-state index in [1.165, 1.54) is 0 Å². The summed E-state index contributed by atoms with van der Waals surface area (Å²) in [6, 6.07) is 5.21. The lowest BCUT2D eigenvalue weighted by Gasteiger charge is -2.37. The molecule has 1 saturated heterocycles. The molecule has 1 fully saturated rings. The number of halogens is 1. The second-order valence-corrected chi connectivity index (χ2v) is 6.57. The zero-order chi connectivity index (χ0) is 17.0. The number of aliphatic hydroxyl groups is 1. The molecule has 23 heavy (non-hydrogen) atoms. The zero-order valence-electron chi connectivity index (χ0n) is 13.8. The quantitative estimate of drug-likeness (QED) is 0.882. The molecule has 0 radical (unpaired) electrons. The van der Waals surface area contributed by atoms with Gasteiger partial charge in [-0.05, 0) is 31.0 Å². The van der Waals surface area contributed by atoms with E-state index >= 15 is 0 Å². The van der Waals surface area contributed by atoms with Gasteiger partial charge in [-0.2, -0.15) is 0 Å². The van der Waals surface area contributed by atoms with Crippen molar-refractivity contribution in [3.63, 3.8) is 0 Å². The number of nitrogens with one attached hydrogen (secondary N) is 1. The fourth-order valence-corrected chi connectivity index (χ4v) is 2.90. The van der Waals surface area contributed by atoms with Crippen LogP contribution in [0.15, 0.2) is 18.2 Å². The summed E-state index contributed by atoms with van der Waals surface area (Å²) in [4.78, 5) is 16.1. The Balaban J connectivity index is 2.02. The second-order valence-electron chi connectivity index (χ2n) is 6.13. The first kappa shape index (κ1) is 17.8. The minimum absolute atomic E-state index is 0.185. The molecule has 0 unspecified atom stereocenters. The van der Waals surface area contributed by atoms with Crippen molar-refractivity contribution in [2.45, 2.75) is 18.4 Å². The monoisotopic (exact) mass is 341 g/mol. The van der Waals surface area contributed by atoms with Gasteiger partial charge in [-0.15, -0.1) is 0 Å². The summed E-state index contributed by atoms with van der Waals surface area (Å²) in [6.45, 7) is 1.27. The van der Waals surface area contributed by atoms with Crippen LogP contribution in [0.5, 0.6) is 0 Å². The average Bonchev–Trinajstić information content (AvgIpc) is 2.47. The van der Waals surface area contributed by atoms with E-state index in [1.54, 1.807) is 24.1 Å². The molecular weight excluding hydrogens is 318 g/mol. The van der Waals surface area contributed by atoms with Gasteiger partial charge in [0.05, 0.1) is 23.6 Å². The van der Waals surface area contributed by atoms with Crippen molar-refractivity contribution in [1.29, 1.82) is 0 Å². The van der Waals surface area contributed by atoms with Crippen molar-refractivity contribution >= 4 is 29.0 Å². The third-order valence-electron chi connectivity index (χ3n) is 4.08. The van der Waals surface area contributed by atoms with Crippen molar-refractivity contribution in [1.82, 2.24) is 4.90 Å². The van der Waals surface area contributed by atoms with E-state index in [4.69, 9.17) is 16.3 Å². The summed E-state index contributed by atoms with van der Waals surface area (Å²) in [5.41, 5.74) is 0.719. The molecule has 2 amide bonds. The number of hydrogen-bond acceptors (Lipinski definition) is 4. The Morgan fingerprint density at radius 2 is 2.09 bits per heavy atom. The van der Waals surface area contributed by atoms with Gasteiger partial charge in [0, 0.05) is 39.3 Å². The zero-order valence-corrected chi connectivity index (χ0v) is 14.6. The fraction of sp³-hybridized carbons (Fsp3) is 0.562. The number of ether oxygens (including phenoxy) is 1. The van der Waals surface area contributed by atoms with E-state index in [1.807, 2.05) is 25.1 Å². The number of carbonyl (C=O) groups excluding carboxylic acids is 1. The molecule has 1 aliphatic rings. The number of piperidine rings is 1. The van der Waals surface area contributed by atoms with Crippen LogP contribution in [0.4, 0.5) is 16.2 Å². The molecule has 0 bridgehead atoms. The maximum Gasteiger partial charge on any atom is 0.321 e. The van der Waals surface area contributed by atoms with Crippen LogP contribution in [0, 0.1) is 0 Å². The Morgan fingerprint density at radius 1 is 1.43 bits per heavy atom. The number of amides is 2. The van der Waals surface area contributed by atoms with Gasteiger partial charge in [-0.3, -0.25) is 0 Å². The molecule has 1 aromatic rings. The maximum absolute atomic E-state index is 12.5. The highest BCUT2D eigenvalue weighted by atomic mass is 35.5. The van der Waals surface area contributed by atoms with E-state index < -0.39 is 5.60 Å². The highest BCUT2D eigenvalue weighted by molar-refractivity contribution is 6.31. The lowest BCUT2D eigenvalue weighted by atomic mass is 9.92. The van der Waals surface area contributed by atoms with E-state index in [-0.39, 0.29) is 6.03 Å². The van der Waals surface area contributed by atoms with Crippen LogP contribution < -0.4 is 10.2 Å². The molecule has 6 nitrogen and oxygen atoms in total. The van der Waals surface area contributed by atoms with Crippen molar-refractivity contribution in [2.24, 2.45) is 0 Å². The number of rotatable bonds is 4. The molecule has 2 rings (SSSR count). The van der Waals surface area contributed by atoms with Crippen LogP contribution in [-0.4, -0.2) is 62.5 Å². The topological polar surface area (TPSA) is 65.0 Å². The van der Waals surface area contributed by atoms with Crippen LogP contribution in [0.3, 0.4) is 0 Å². The van der Waals surface area contributed by atoms with E-state index in [0.717, 1.165) is 5.69 Å². The molecular formula is C16H24ClN3O3. The molecule has 0 aliphatic carbocycles. The Bertz CT molecular complexity index is 558. The van der Waals surface area contributed by atoms with Crippen LogP contribution >= 0.6 is 11.6 Å². The van der Waals surface area contributed by atoms with E-state index in [9.17, 15) is 9.90 Å². The highest BCUT2D eigenvalue weighted by Crippen LogP contribution is 2.29. The molecule has 7 heteroatoms. The molecule has 2 N–H and O–H groups in total. The Labute approximate surface area is 142 Å². The summed E-state index contributed by atoms with van der Waals surface area (Å²) < 4.78 is 5.04. The number of benzene rings is 1. The maximum atomic E-state index is 12.5. The lowest BCUT2D eigenvalue weighted by Crippen LogP contribution is -2.50. The number of methoxy groups -OCH3 is 1. The molecule has 1 aliphatic heterocycles. The molecule has 1 aromatic carbocycles. The summed E-state index contributed by atoms with van der Waals surface area (Å²) >= 11 is 6.03. The third-order valence-corrected chi connectivity index (χ3v) is 4.31. The van der Waals surface area contributed by atoms with Gasteiger partial charge in [-0.1, -0.05) is 11.6 Å². The summed E-state index contributed by atoms with van der Waals surface area (Å²) in [5, 5.41) is 13.8. The van der Waals surface area contributed by atoms with Crippen molar-refractivity contribution in [3.05, 3.63) is 23.2 Å². The molecule has 0 saturated carbocycles. The lowest BCUT2D eigenvalue weighted by molar-refractivity contribution is -0.0642. The third kappa shape index (κ3) is 4.50. The van der Waals surface area contributed by atoms with Gasteiger partial charge in [0.2, 0.25) is 0 Å². The number of hydrogen-bond donors (Lipinski definition) is 2. The molecule has 0 atom stereocenters. The smallest absolute Gasteiger partial charge is 0.321 e. The van der Waals surface area contributed by atoms with E-state index in [0.29, 0.717) is 43.2 Å². The van der Waals surface area contributed by atoms with Crippen molar-refractivity contribution in [2.75, 3.05) is 51.1 Å². The molecule has 0 aromatic heterocycles. The number of likely N-dealkylation sites (tertiary alicyclic amines) is 1. The normalized spacial score (nSPS) is 17.0. The minimum atomic E-state index is -0.837. The summed E-state index contributed by atoms with van der Waals surface area (Å²) in [7, 11) is 5.38. The van der Waals surface area contributed by atoms with Crippen LogP contribution in [0.25, 0.3) is 0 Å². The summed E-state index contributed by atoms with van der Waals surface area (Å²) in [6.07, 6.45) is 1.01. The van der Waals surface area contributed by atoms with Gasteiger partial charge in [-0.25, -0.2) is 4.79 Å². The number of nitrogens with zero attached hydrogens (tertiary/aromatic N) is 2. The fourth-order valence-electron chi connectivity index (χ4n) is 2.73. The summed E-state index contributed by atoms with van der Waals surface area (Å²) in [5.74, 6) is 0. The predicted molar refractivity (Wildman–Crippen MR) is 92.4 cm³/mol. The van der Waals surface area contributed by atoms with Gasteiger partial charge in [0.25, 0.3) is 0 Å². The number of urea groups is 1. The van der Waals surface area contributed by atoms with Crippen molar-refractivity contribution in [3.8, 4) is 0 Å². The first-order valence-electron chi connectivity index (χ1n) is 7.59. The SMILES string of the molecule is COCC1(O)CCN(C(=O)Nc2cc(Cl)ccc2N(C)C)CC1. The number of carbonyl (C=O) groups is 1. The first-order chi connectivity index (χ1) is 10.8. The Hall–Kier alpha value is -1.50. The van der Waals surface area contributed by atoms with Crippen molar-refractivity contribution < 1.29 is 14.6 Å². The van der Waals surface area contributed by atoms with Gasteiger partial charge in [0.15, 0.2) is 0 Å². The first-order valence-corrected chi connectivity index (χ1v) is 7.96. The van der Waals surface area contributed by atoms with Crippen LogP contribution in [-0.2, 0) is 4.74 Å². The molecule has 128 valence electrons. The van der Waals surface area contributed by atoms with Gasteiger partial charge >= 0.3 is 6.03 Å². The number of anilines is 2. The van der Waals surface area contributed by atoms with E-state index in [2.05, 4.69) is 5.32 Å². The Kier molecular flexibility index (Phi) is 5.73. The van der Waals surface area contributed by atoms with Gasteiger partial charge < -0.3 is 25.0 Å². The van der Waals surface area contributed by atoms with Crippen LogP contribution in [0.1, 0.15) is 12.8 Å². The minimum Gasteiger partial charge on any atom is -0.387 e. The predicted octanol–water partition coefficient (Wildman–Crippen LogP) is 2.41. The highest BCUT2D eigenvalue weighted by Gasteiger charge is 2.34. The standard InChI is InChI=1S/C16H24ClN3O3/c1-19(2)14-5-4-12(17)10-13(14)18-15(21)20-8-6-16(22,7-9-20)11-23-3/h4-5,10,22H,6-9,11H2,1-3H3,(H,18,21). The van der Waals surface area contributed by atoms with Gasteiger partial charge in [0.1, 0.15) is 0 Å². The largest absolute Gasteiger partial charge is 0.387 e.